The van der Waals surface area contributed by atoms with E-state index in [0.717, 1.165) is 32.5 Å². The molecule has 0 atom stereocenters. The van der Waals surface area contributed by atoms with Crippen LogP contribution in [0.4, 0.5) is 0 Å². The Balaban J connectivity index is 2.35. The van der Waals surface area contributed by atoms with Crippen LogP contribution in [0, 0.1) is 11.3 Å². The predicted octanol–water partition coefficient (Wildman–Crippen LogP) is 3.59. The Bertz CT molecular complexity index is 327. The van der Waals surface area contributed by atoms with E-state index >= 15 is 0 Å². The monoisotopic (exact) mass is 230 g/mol. The highest BCUT2D eigenvalue weighted by atomic mass is 15.1. The summed E-state index contributed by atoms with van der Waals surface area (Å²) < 4.78 is 0. The lowest BCUT2D eigenvalue weighted by Crippen LogP contribution is -2.25. The van der Waals surface area contributed by atoms with E-state index < -0.39 is 0 Å². The van der Waals surface area contributed by atoms with Crippen molar-refractivity contribution in [3.05, 3.63) is 35.9 Å². The summed E-state index contributed by atoms with van der Waals surface area (Å²) in [6, 6.07) is 12.8. The number of nitrogens with zero attached hydrogens (tertiary/aromatic N) is 2. The second-order valence-electron chi connectivity index (χ2n) is 4.38. The zero-order valence-electron chi connectivity index (χ0n) is 10.7. The smallest absolute Gasteiger partial charge is 0.0621 e. The van der Waals surface area contributed by atoms with Crippen LogP contribution in [-0.2, 0) is 6.54 Å². The Morgan fingerprint density at radius 3 is 2.53 bits per heavy atom. The molecule has 1 rings (SSSR count). The van der Waals surface area contributed by atoms with Crippen LogP contribution >= 0.6 is 0 Å². The summed E-state index contributed by atoms with van der Waals surface area (Å²) in [6.07, 6.45) is 4.02. The van der Waals surface area contributed by atoms with E-state index in [1.165, 1.54) is 12.0 Å². The van der Waals surface area contributed by atoms with Crippen molar-refractivity contribution < 1.29 is 0 Å². The molecule has 0 N–H and O–H groups in total. The molecule has 0 unspecified atom stereocenters. The first-order valence-electron chi connectivity index (χ1n) is 6.50. The highest BCUT2D eigenvalue weighted by Gasteiger charge is 2.04. The van der Waals surface area contributed by atoms with Gasteiger partial charge >= 0.3 is 0 Å². The van der Waals surface area contributed by atoms with E-state index in [4.69, 9.17) is 5.26 Å². The van der Waals surface area contributed by atoms with Gasteiger partial charge in [0.15, 0.2) is 0 Å². The van der Waals surface area contributed by atoms with Crippen LogP contribution in [0.3, 0.4) is 0 Å². The standard InChI is InChI=1S/C15H22N2/c1-2-12-17(13-8-4-7-11-16)14-15-9-5-3-6-10-15/h3,5-6,9-10H,2,4,7-8,12-14H2,1H3. The maximum Gasteiger partial charge on any atom is 0.0621 e. The van der Waals surface area contributed by atoms with Crippen LogP contribution in [0.5, 0.6) is 0 Å². The Kier molecular flexibility index (Phi) is 7.09. The van der Waals surface area contributed by atoms with Gasteiger partial charge in [-0.3, -0.25) is 4.90 Å². The summed E-state index contributed by atoms with van der Waals surface area (Å²) in [5.41, 5.74) is 1.38. The van der Waals surface area contributed by atoms with Gasteiger partial charge < -0.3 is 0 Å². The van der Waals surface area contributed by atoms with Crippen molar-refractivity contribution in [1.82, 2.24) is 4.90 Å². The third-order valence-electron chi connectivity index (χ3n) is 2.80. The molecular formula is C15H22N2. The van der Waals surface area contributed by atoms with Gasteiger partial charge in [-0.2, -0.15) is 5.26 Å². The van der Waals surface area contributed by atoms with Gasteiger partial charge in [0, 0.05) is 13.0 Å². The van der Waals surface area contributed by atoms with E-state index in [1.807, 2.05) is 0 Å². The minimum atomic E-state index is 0.686. The third kappa shape index (κ3) is 6.09. The van der Waals surface area contributed by atoms with E-state index in [9.17, 15) is 0 Å². The molecule has 2 heteroatoms. The molecular weight excluding hydrogens is 208 g/mol. The van der Waals surface area contributed by atoms with Crippen molar-refractivity contribution in [2.75, 3.05) is 13.1 Å². The van der Waals surface area contributed by atoms with Gasteiger partial charge in [-0.25, -0.2) is 0 Å². The molecule has 0 aliphatic carbocycles. The normalized spacial score (nSPS) is 10.4. The maximum atomic E-state index is 8.51. The Hall–Kier alpha value is -1.33. The molecule has 92 valence electrons. The van der Waals surface area contributed by atoms with Crippen molar-refractivity contribution in [3.63, 3.8) is 0 Å². The lowest BCUT2D eigenvalue weighted by Gasteiger charge is -2.21. The number of rotatable bonds is 8. The van der Waals surface area contributed by atoms with Gasteiger partial charge in [-0.05, 0) is 37.9 Å². The second kappa shape index (κ2) is 8.78. The van der Waals surface area contributed by atoms with Gasteiger partial charge in [-0.1, -0.05) is 37.3 Å². The molecule has 2 nitrogen and oxygen atoms in total. The summed E-state index contributed by atoms with van der Waals surface area (Å²) in [6.45, 7) is 5.49. The number of unbranched alkanes of at least 4 members (excludes halogenated alkanes) is 2. The first kappa shape index (κ1) is 13.7. The average Bonchev–Trinajstić information content (AvgIpc) is 2.36. The van der Waals surface area contributed by atoms with Gasteiger partial charge in [0.25, 0.3) is 0 Å². The largest absolute Gasteiger partial charge is 0.299 e. The maximum absolute atomic E-state index is 8.51. The van der Waals surface area contributed by atoms with Crippen molar-refractivity contribution >= 4 is 0 Å². The summed E-state index contributed by atoms with van der Waals surface area (Å²) in [5, 5.41) is 8.51. The Labute approximate surface area is 105 Å². The molecule has 0 spiro atoms. The van der Waals surface area contributed by atoms with Gasteiger partial charge in [0.2, 0.25) is 0 Å². The fraction of sp³-hybridized carbons (Fsp3) is 0.533. The predicted molar refractivity (Wildman–Crippen MR) is 71.5 cm³/mol. The molecule has 0 aromatic heterocycles. The van der Waals surface area contributed by atoms with E-state index in [1.54, 1.807) is 0 Å². The fourth-order valence-electron chi connectivity index (χ4n) is 1.97. The molecule has 0 fully saturated rings. The van der Waals surface area contributed by atoms with Crippen molar-refractivity contribution in [2.45, 2.75) is 39.2 Å². The van der Waals surface area contributed by atoms with Crippen LogP contribution in [0.25, 0.3) is 0 Å². The van der Waals surface area contributed by atoms with Crippen molar-refractivity contribution in [3.8, 4) is 6.07 Å². The van der Waals surface area contributed by atoms with Crippen LogP contribution in [0.1, 0.15) is 38.2 Å². The number of hydrogen-bond acceptors (Lipinski definition) is 2. The molecule has 0 saturated heterocycles. The zero-order valence-corrected chi connectivity index (χ0v) is 10.7. The van der Waals surface area contributed by atoms with Crippen LogP contribution in [-0.4, -0.2) is 18.0 Å². The third-order valence-corrected chi connectivity index (χ3v) is 2.80. The first-order chi connectivity index (χ1) is 8.36. The zero-order chi connectivity index (χ0) is 12.3. The van der Waals surface area contributed by atoms with Gasteiger partial charge in [-0.15, -0.1) is 0 Å². The van der Waals surface area contributed by atoms with Crippen LogP contribution < -0.4 is 0 Å². The lowest BCUT2D eigenvalue weighted by atomic mass is 10.2. The topological polar surface area (TPSA) is 27.0 Å². The first-order valence-corrected chi connectivity index (χ1v) is 6.50. The summed E-state index contributed by atoms with van der Waals surface area (Å²) in [4.78, 5) is 2.48. The highest BCUT2D eigenvalue weighted by Crippen LogP contribution is 2.07. The van der Waals surface area contributed by atoms with Gasteiger partial charge in [0.05, 0.1) is 6.07 Å². The molecule has 0 amide bonds. The van der Waals surface area contributed by atoms with Crippen LogP contribution in [0.15, 0.2) is 30.3 Å². The van der Waals surface area contributed by atoms with Crippen molar-refractivity contribution in [1.29, 1.82) is 5.26 Å². The second-order valence-corrected chi connectivity index (χ2v) is 4.38. The minimum Gasteiger partial charge on any atom is -0.299 e. The summed E-state index contributed by atoms with van der Waals surface area (Å²) in [7, 11) is 0. The molecule has 0 saturated carbocycles. The lowest BCUT2D eigenvalue weighted by molar-refractivity contribution is 0.261. The average molecular weight is 230 g/mol. The molecule has 0 heterocycles. The number of benzene rings is 1. The van der Waals surface area contributed by atoms with Gasteiger partial charge in [0.1, 0.15) is 0 Å². The summed E-state index contributed by atoms with van der Waals surface area (Å²) >= 11 is 0. The molecule has 1 aromatic carbocycles. The SMILES string of the molecule is CCCN(CCCCC#N)Cc1ccccc1. The molecule has 17 heavy (non-hydrogen) atoms. The molecule has 0 aliphatic rings. The Morgan fingerprint density at radius 1 is 1.12 bits per heavy atom. The van der Waals surface area contributed by atoms with E-state index in [-0.39, 0.29) is 0 Å². The molecule has 0 bridgehead atoms. The Morgan fingerprint density at radius 2 is 1.88 bits per heavy atom. The minimum absolute atomic E-state index is 0.686. The highest BCUT2D eigenvalue weighted by molar-refractivity contribution is 5.14. The molecule has 0 radical (unpaired) electrons. The fourth-order valence-corrected chi connectivity index (χ4v) is 1.97. The van der Waals surface area contributed by atoms with E-state index in [0.29, 0.717) is 6.42 Å². The number of hydrogen-bond donors (Lipinski definition) is 0. The summed E-state index contributed by atoms with van der Waals surface area (Å²) in [5.74, 6) is 0. The molecule has 1 aromatic rings. The quantitative estimate of drug-likeness (QED) is 0.638. The van der Waals surface area contributed by atoms with Crippen LogP contribution in [0.2, 0.25) is 0 Å². The van der Waals surface area contributed by atoms with Crippen molar-refractivity contribution in [2.24, 2.45) is 0 Å². The molecule has 0 aliphatic heterocycles. The number of nitriles is 1. The van der Waals surface area contributed by atoms with E-state index in [2.05, 4.69) is 48.2 Å².